The van der Waals surface area contributed by atoms with Gasteiger partial charge in [0.15, 0.2) is 5.82 Å². The number of hydrogen-bond acceptors (Lipinski definition) is 3. The van der Waals surface area contributed by atoms with Gasteiger partial charge < -0.3 is 9.47 Å². The second kappa shape index (κ2) is 7.55. The summed E-state index contributed by atoms with van der Waals surface area (Å²) >= 11 is 11.9. The lowest BCUT2D eigenvalue weighted by molar-refractivity contribution is -0.148. The zero-order valence-electron chi connectivity index (χ0n) is 15.0. The molecule has 0 spiro atoms. The Bertz CT molecular complexity index is 1120. The maximum Gasteiger partial charge on any atom is 0.451 e. The summed E-state index contributed by atoms with van der Waals surface area (Å²) < 4.78 is 54.6. The number of rotatable bonds is 2. The third kappa shape index (κ3) is 3.41. The molecule has 30 heavy (non-hydrogen) atoms. The van der Waals surface area contributed by atoms with Gasteiger partial charge in [-0.15, -0.1) is 10.2 Å². The Balaban J connectivity index is 1.83. The highest BCUT2D eigenvalue weighted by atomic mass is 35.5. The molecule has 11 heteroatoms. The molecule has 0 radical (unpaired) electrons. The van der Waals surface area contributed by atoms with Gasteiger partial charge in [0.25, 0.3) is 5.91 Å². The second-order valence-corrected chi connectivity index (χ2v) is 7.32. The van der Waals surface area contributed by atoms with Gasteiger partial charge >= 0.3 is 6.18 Å². The van der Waals surface area contributed by atoms with Gasteiger partial charge in [0.1, 0.15) is 11.9 Å². The molecule has 5 nitrogen and oxygen atoms in total. The predicted molar refractivity (Wildman–Crippen MR) is 101 cm³/mol. The van der Waals surface area contributed by atoms with E-state index in [1.54, 1.807) is 30.3 Å². The lowest BCUT2D eigenvalue weighted by Crippen LogP contribution is -2.43. The normalized spacial score (nSPS) is 16.5. The van der Waals surface area contributed by atoms with Gasteiger partial charge in [-0.25, -0.2) is 4.39 Å². The molecule has 3 aromatic rings. The minimum atomic E-state index is -4.69. The Morgan fingerprint density at radius 1 is 1.00 bits per heavy atom. The maximum absolute atomic E-state index is 13.6. The van der Waals surface area contributed by atoms with Crippen molar-refractivity contribution < 1.29 is 22.4 Å². The minimum Gasteiger partial charge on any atom is -0.322 e. The third-order valence-corrected chi connectivity index (χ3v) is 5.65. The first-order chi connectivity index (χ1) is 14.2. The van der Waals surface area contributed by atoms with Crippen LogP contribution in [0, 0.1) is 5.82 Å². The van der Waals surface area contributed by atoms with Crippen molar-refractivity contribution in [1.29, 1.82) is 0 Å². The zero-order chi connectivity index (χ0) is 21.6. The largest absolute Gasteiger partial charge is 0.451 e. The fourth-order valence-electron chi connectivity index (χ4n) is 3.45. The first-order valence-electron chi connectivity index (χ1n) is 8.70. The van der Waals surface area contributed by atoms with Crippen LogP contribution >= 0.6 is 23.2 Å². The van der Waals surface area contributed by atoms with Gasteiger partial charge in [0.2, 0.25) is 5.82 Å². The van der Waals surface area contributed by atoms with Crippen LogP contribution in [0.4, 0.5) is 17.6 Å². The number of carbonyl (C=O) groups excluding carboxylic acids is 1. The molecule has 4 rings (SSSR count). The molecule has 0 saturated carbocycles. The molecule has 0 N–H and O–H groups in total. The molecule has 1 aliphatic rings. The molecule has 0 fully saturated rings. The molecule has 2 aromatic carbocycles. The quantitative estimate of drug-likeness (QED) is 0.401. The smallest absolute Gasteiger partial charge is 0.322 e. The molecule has 156 valence electrons. The van der Waals surface area contributed by atoms with Crippen LogP contribution in [0.3, 0.4) is 0 Å². The summed E-state index contributed by atoms with van der Waals surface area (Å²) in [5, 5.41) is 6.38. The monoisotopic (exact) mass is 458 g/mol. The molecule has 0 unspecified atom stereocenters. The van der Waals surface area contributed by atoms with Crippen LogP contribution in [0.2, 0.25) is 10.0 Å². The van der Waals surface area contributed by atoms with Gasteiger partial charge in [-0.05, 0) is 17.7 Å². The molecule has 1 atom stereocenters. The molecule has 1 aromatic heterocycles. The summed E-state index contributed by atoms with van der Waals surface area (Å²) in [6.45, 7) is -0.239. The van der Waals surface area contributed by atoms with Crippen molar-refractivity contribution in [3.63, 3.8) is 0 Å². The molecule has 2 heterocycles. The Morgan fingerprint density at radius 2 is 1.70 bits per heavy atom. The molecule has 0 aliphatic carbocycles. The zero-order valence-corrected chi connectivity index (χ0v) is 16.5. The summed E-state index contributed by atoms with van der Waals surface area (Å²) in [7, 11) is 0. The van der Waals surface area contributed by atoms with Gasteiger partial charge in [0.05, 0.1) is 15.6 Å². The van der Waals surface area contributed by atoms with Gasteiger partial charge in [-0.3, -0.25) is 4.79 Å². The Kier molecular flexibility index (Phi) is 5.19. The Morgan fingerprint density at radius 3 is 2.37 bits per heavy atom. The highest BCUT2D eigenvalue weighted by Crippen LogP contribution is 2.38. The number of alkyl halides is 3. The van der Waals surface area contributed by atoms with E-state index in [0.717, 1.165) is 10.6 Å². The van der Waals surface area contributed by atoms with Gasteiger partial charge in [-0.1, -0.05) is 53.5 Å². The second-order valence-electron chi connectivity index (χ2n) is 6.57. The lowest BCUT2D eigenvalue weighted by Gasteiger charge is -2.36. The van der Waals surface area contributed by atoms with E-state index in [1.807, 2.05) is 0 Å². The van der Waals surface area contributed by atoms with E-state index < -0.39 is 34.8 Å². The summed E-state index contributed by atoms with van der Waals surface area (Å²) in [4.78, 5) is 14.6. The number of fused-ring (bicyclic) bond motifs is 1. The molecule has 0 saturated heterocycles. The molecule has 1 amide bonds. The predicted octanol–water partition coefficient (Wildman–Crippen LogP) is 4.99. The van der Waals surface area contributed by atoms with E-state index in [9.17, 15) is 22.4 Å². The van der Waals surface area contributed by atoms with E-state index in [2.05, 4.69) is 10.2 Å². The van der Waals surface area contributed by atoms with E-state index in [-0.39, 0.29) is 29.5 Å². The lowest BCUT2D eigenvalue weighted by atomic mass is 10.0. The van der Waals surface area contributed by atoms with Crippen LogP contribution in [-0.2, 0) is 12.7 Å². The van der Waals surface area contributed by atoms with Crippen molar-refractivity contribution in [2.24, 2.45) is 0 Å². The number of carbonyl (C=O) groups is 1. The van der Waals surface area contributed by atoms with E-state index in [1.165, 1.54) is 11.0 Å². The number of nitrogens with zero attached hydrogens (tertiary/aromatic N) is 4. The molecule has 1 aliphatic heterocycles. The average molecular weight is 459 g/mol. The number of amides is 1. The summed E-state index contributed by atoms with van der Waals surface area (Å²) in [6, 6.07) is 9.71. The van der Waals surface area contributed by atoms with Gasteiger partial charge in [0, 0.05) is 13.1 Å². The van der Waals surface area contributed by atoms with Crippen LogP contribution in [0.15, 0.2) is 42.5 Å². The van der Waals surface area contributed by atoms with Crippen LogP contribution in [0.5, 0.6) is 0 Å². The average Bonchev–Trinajstić information content (AvgIpc) is 3.16. The SMILES string of the molecule is O=C(c1ccc(F)c(Cl)c1Cl)N1CCn2c(nnc2C(F)(F)F)[C@H]1c1ccccc1. The summed E-state index contributed by atoms with van der Waals surface area (Å²) in [5.74, 6) is -2.56. The van der Waals surface area contributed by atoms with E-state index in [4.69, 9.17) is 23.2 Å². The maximum atomic E-state index is 13.6. The third-order valence-electron chi connectivity index (χ3n) is 4.80. The first-order valence-corrected chi connectivity index (χ1v) is 9.45. The highest BCUT2D eigenvalue weighted by molar-refractivity contribution is 6.44. The number of halogens is 6. The summed E-state index contributed by atoms with van der Waals surface area (Å²) in [6.07, 6.45) is -4.69. The number of benzene rings is 2. The summed E-state index contributed by atoms with van der Waals surface area (Å²) in [5.41, 5.74) is 0.477. The van der Waals surface area contributed by atoms with Crippen molar-refractivity contribution in [3.05, 3.63) is 81.1 Å². The van der Waals surface area contributed by atoms with Crippen LogP contribution in [0.1, 0.15) is 33.6 Å². The van der Waals surface area contributed by atoms with Crippen molar-refractivity contribution in [3.8, 4) is 0 Å². The molecular weight excluding hydrogens is 447 g/mol. The fourth-order valence-corrected chi connectivity index (χ4v) is 3.85. The Hall–Kier alpha value is -2.65. The Labute approximate surface area is 177 Å². The van der Waals surface area contributed by atoms with E-state index >= 15 is 0 Å². The molecular formula is C19H12Cl2F4N4O. The molecule has 0 bridgehead atoms. The fraction of sp³-hybridized carbons (Fsp3) is 0.211. The van der Waals surface area contributed by atoms with Crippen molar-refractivity contribution >= 4 is 29.1 Å². The first kappa shape index (κ1) is 20.6. The number of hydrogen-bond donors (Lipinski definition) is 0. The van der Waals surface area contributed by atoms with Crippen molar-refractivity contribution in [1.82, 2.24) is 19.7 Å². The highest BCUT2D eigenvalue weighted by Gasteiger charge is 2.43. The van der Waals surface area contributed by atoms with E-state index in [0.29, 0.717) is 5.56 Å². The standard InChI is InChI=1S/C19H12Cl2F4N4O/c20-13-11(6-7-12(22)14(13)21)17(30)28-8-9-29-16(26-27-18(29)19(23,24)25)15(28)10-4-2-1-3-5-10/h1-7,15H,8-9H2/t15-/m1/s1. The van der Waals surface area contributed by atoms with Gasteiger partial charge in [-0.2, -0.15) is 13.2 Å². The van der Waals surface area contributed by atoms with Crippen LogP contribution in [0.25, 0.3) is 0 Å². The van der Waals surface area contributed by atoms with Crippen LogP contribution in [-0.4, -0.2) is 32.1 Å². The van der Waals surface area contributed by atoms with Crippen molar-refractivity contribution in [2.45, 2.75) is 18.8 Å². The topological polar surface area (TPSA) is 51.0 Å². The number of aromatic nitrogens is 3. The van der Waals surface area contributed by atoms with Crippen LogP contribution < -0.4 is 0 Å². The van der Waals surface area contributed by atoms with Crippen molar-refractivity contribution in [2.75, 3.05) is 6.54 Å². The minimum absolute atomic E-state index is 0.0301.